The zero-order valence-electron chi connectivity index (χ0n) is 7.18. The Bertz CT molecular complexity index is 59.0. The second-order valence-corrected chi connectivity index (χ2v) is 6.37. The molecule has 0 aromatic rings. The van der Waals surface area contributed by atoms with Crippen molar-refractivity contribution >= 4 is 7.92 Å². The van der Waals surface area contributed by atoms with Crippen LogP contribution >= 0.6 is 7.92 Å². The molecular formula is C8H18P-. The van der Waals surface area contributed by atoms with Crippen molar-refractivity contribution in [2.75, 3.05) is 0 Å². The second-order valence-electron chi connectivity index (χ2n) is 2.89. The minimum atomic E-state index is 0.199. The second kappa shape index (κ2) is 4.28. The molecule has 0 saturated carbocycles. The molecule has 0 rings (SSSR count). The van der Waals surface area contributed by atoms with Crippen molar-refractivity contribution in [3.8, 4) is 0 Å². The van der Waals surface area contributed by atoms with Gasteiger partial charge in [-0.2, -0.15) is 6.92 Å². The first kappa shape index (κ1) is 9.43. The van der Waals surface area contributed by atoms with Crippen molar-refractivity contribution in [3.05, 3.63) is 6.16 Å². The molecule has 0 aliphatic heterocycles. The van der Waals surface area contributed by atoms with Crippen LogP contribution in [0.3, 0.4) is 0 Å². The first-order valence-corrected chi connectivity index (χ1v) is 5.21. The van der Waals surface area contributed by atoms with Crippen molar-refractivity contribution < 1.29 is 0 Å². The van der Waals surface area contributed by atoms with E-state index in [2.05, 4.69) is 40.8 Å². The van der Waals surface area contributed by atoms with E-state index < -0.39 is 0 Å². The highest BCUT2D eigenvalue weighted by Gasteiger charge is 2.04. The molecule has 0 aromatic heterocycles. The van der Waals surface area contributed by atoms with Crippen molar-refractivity contribution in [2.45, 2.75) is 45.9 Å². The molecule has 0 atom stereocenters. The van der Waals surface area contributed by atoms with E-state index >= 15 is 0 Å². The Morgan fingerprint density at radius 3 is 1.33 bits per heavy atom. The first-order valence-electron chi connectivity index (χ1n) is 3.66. The van der Waals surface area contributed by atoms with Crippen LogP contribution in [-0.4, -0.2) is 11.3 Å². The molecule has 0 aromatic carbocycles. The summed E-state index contributed by atoms with van der Waals surface area (Å²) in [5, 5.41) is 0. The van der Waals surface area contributed by atoms with Crippen molar-refractivity contribution in [1.29, 1.82) is 0 Å². The van der Waals surface area contributed by atoms with Gasteiger partial charge >= 0.3 is 0 Å². The van der Waals surface area contributed by atoms with Gasteiger partial charge in [0.15, 0.2) is 0 Å². The van der Waals surface area contributed by atoms with E-state index in [1.165, 1.54) is 0 Å². The third-order valence-corrected chi connectivity index (χ3v) is 4.47. The zero-order chi connectivity index (χ0) is 7.44. The first-order chi connectivity index (χ1) is 4.09. The third kappa shape index (κ3) is 3.20. The molecule has 0 saturated heterocycles. The monoisotopic (exact) mass is 145 g/mol. The lowest BCUT2D eigenvalue weighted by Gasteiger charge is -2.33. The van der Waals surface area contributed by atoms with Crippen LogP contribution < -0.4 is 0 Å². The minimum Gasteiger partial charge on any atom is -0.305 e. The lowest BCUT2D eigenvalue weighted by molar-refractivity contribution is 1.01. The summed E-state index contributed by atoms with van der Waals surface area (Å²) in [6.07, 6.45) is 2.38. The molecule has 0 bridgehead atoms. The number of hydrogen-bond donors (Lipinski definition) is 0. The van der Waals surface area contributed by atoms with E-state index in [0.29, 0.717) is 0 Å². The molecule has 0 spiro atoms. The summed E-state index contributed by atoms with van der Waals surface area (Å²) < 4.78 is 0. The predicted octanol–water partition coefficient (Wildman–Crippen LogP) is 3.47. The standard InChI is InChI=1S/C8H18P/c1-6-9(7(2)3)8(4)5/h6-8H,1-5H3/q-1. The maximum atomic E-state index is 2.38. The summed E-state index contributed by atoms with van der Waals surface area (Å²) in [6, 6.07) is 0. The van der Waals surface area contributed by atoms with Crippen LogP contribution in [-0.2, 0) is 0 Å². The predicted molar refractivity (Wildman–Crippen MR) is 47.2 cm³/mol. The van der Waals surface area contributed by atoms with E-state index in [1.54, 1.807) is 0 Å². The summed E-state index contributed by atoms with van der Waals surface area (Å²) >= 11 is 0. The van der Waals surface area contributed by atoms with E-state index in [0.717, 1.165) is 11.3 Å². The van der Waals surface area contributed by atoms with Crippen LogP contribution in [0.15, 0.2) is 0 Å². The van der Waals surface area contributed by atoms with Crippen molar-refractivity contribution in [3.63, 3.8) is 0 Å². The van der Waals surface area contributed by atoms with Crippen LogP contribution in [0, 0.1) is 6.16 Å². The molecule has 0 heterocycles. The maximum Gasteiger partial charge on any atom is -0.0545 e. The Labute approximate surface area is 60.8 Å². The molecule has 9 heavy (non-hydrogen) atoms. The van der Waals surface area contributed by atoms with Crippen molar-refractivity contribution in [2.24, 2.45) is 0 Å². The molecule has 0 N–H and O–H groups in total. The molecule has 0 radical (unpaired) electrons. The van der Waals surface area contributed by atoms with Gasteiger partial charge in [-0.1, -0.05) is 39.0 Å². The summed E-state index contributed by atoms with van der Waals surface area (Å²) in [7, 11) is 0.199. The van der Waals surface area contributed by atoms with Gasteiger partial charge in [0.1, 0.15) is 0 Å². The molecule has 1 heteroatoms. The molecule has 0 unspecified atom stereocenters. The van der Waals surface area contributed by atoms with E-state index in [9.17, 15) is 0 Å². The summed E-state index contributed by atoms with van der Waals surface area (Å²) in [4.78, 5) is 0. The van der Waals surface area contributed by atoms with E-state index in [-0.39, 0.29) is 7.92 Å². The van der Waals surface area contributed by atoms with Gasteiger partial charge in [0.05, 0.1) is 0 Å². The highest BCUT2D eigenvalue weighted by molar-refractivity contribution is 7.61. The molecule has 0 aliphatic rings. The Kier molecular flexibility index (Phi) is 4.48. The Balaban J connectivity index is 3.68. The number of rotatable bonds is 3. The Morgan fingerprint density at radius 2 is 1.33 bits per heavy atom. The van der Waals surface area contributed by atoms with Crippen LogP contribution in [0.5, 0.6) is 0 Å². The zero-order valence-corrected chi connectivity index (χ0v) is 8.07. The molecule has 0 amide bonds. The van der Waals surface area contributed by atoms with Crippen LogP contribution in [0.4, 0.5) is 0 Å². The van der Waals surface area contributed by atoms with Gasteiger partial charge < -0.3 is 6.16 Å². The normalized spacial score (nSPS) is 12.0. The highest BCUT2D eigenvalue weighted by Crippen LogP contribution is 2.48. The summed E-state index contributed by atoms with van der Waals surface area (Å²) in [6.45, 7) is 11.4. The van der Waals surface area contributed by atoms with E-state index in [1.807, 2.05) is 0 Å². The third-order valence-electron chi connectivity index (χ3n) is 1.49. The Morgan fingerprint density at radius 1 is 1.00 bits per heavy atom. The topological polar surface area (TPSA) is 0 Å². The SMILES string of the molecule is C[CH-]P(C(C)C)C(C)C. The lowest BCUT2D eigenvalue weighted by atomic mass is 10.5. The quantitative estimate of drug-likeness (QED) is 0.421. The van der Waals surface area contributed by atoms with Crippen LogP contribution in [0.2, 0.25) is 0 Å². The van der Waals surface area contributed by atoms with Crippen LogP contribution in [0.1, 0.15) is 34.6 Å². The van der Waals surface area contributed by atoms with Gasteiger partial charge in [0.2, 0.25) is 0 Å². The van der Waals surface area contributed by atoms with Gasteiger partial charge in [-0.05, 0) is 0 Å². The molecule has 56 valence electrons. The fourth-order valence-corrected chi connectivity index (χ4v) is 3.58. The van der Waals surface area contributed by atoms with Gasteiger partial charge in [-0.25, -0.2) is 0 Å². The highest BCUT2D eigenvalue weighted by atomic mass is 31.1. The van der Waals surface area contributed by atoms with E-state index in [4.69, 9.17) is 0 Å². The average Bonchev–Trinajstić information content (AvgIpc) is 1.64. The van der Waals surface area contributed by atoms with Gasteiger partial charge in [0.25, 0.3) is 0 Å². The van der Waals surface area contributed by atoms with Gasteiger partial charge in [0, 0.05) is 0 Å². The summed E-state index contributed by atoms with van der Waals surface area (Å²) in [5.41, 5.74) is 1.73. The summed E-state index contributed by atoms with van der Waals surface area (Å²) in [5.74, 6) is 0. The minimum absolute atomic E-state index is 0.199. The molecule has 0 fully saturated rings. The van der Waals surface area contributed by atoms with Gasteiger partial charge in [-0.15, -0.1) is 0 Å². The van der Waals surface area contributed by atoms with Crippen LogP contribution in [0.25, 0.3) is 0 Å². The maximum absolute atomic E-state index is 2.38. The fourth-order valence-electron chi connectivity index (χ4n) is 1.19. The number of hydrogen-bond acceptors (Lipinski definition) is 0. The lowest BCUT2D eigenvalue weighted by Crippen LogP contribution is -2.01. The molecular weight excluding hydrogens is 127 g/mol. The van der Waals surface area contributed by atoms with Crippen molar-refractivity contribution in [1.82, 2.24) is 0 Å². The fraction of sp³-hybridized carbons (Fsp3) is 0.875. The van der Waals surface area contributed by atoms with Gasteiger partial charge in [-0.3, -0.25) is 7.92 Å². The largest absolute Gasteiger partial charge is 0.305 e. The molecule has 0 nitrogen and oxygen atoms in total. The smallest absolute Gasteiger partial charge is 0.0545 e. The molecule has 0 aliphatic carbocycles. The Hall–Kier alpha value is 0.430. The average molecular weight is 145 g/mol.